The van der Waals surface area contributed by atoms with Crippen LogP contribution in [0.15, 0.2) is 40.8 Å². The van der Waals surface area contributed by atoms with Crippen LogP contribution >= 0.6 is 0 Å². The molecule has 1 aromatic heterocycles. The predicted octanol–water partition coefficient (Wildman–Crippen LogP) is 4.03. The third kappa shape index (κ3) is 2.37. The number of benzene rings is 1. The van der Waals surface area contributed by atoms with Crippen LogP contribution in [0.2, 0.25) is 0 Å². The summed E-state index contributed by atoms with van der Waals surface area (Å²) in [5.41, 5.74) is 3.25. The second kappa shape index (κ2) is 4.45. The molecule has 0 amide bonds. The summed E-state index contributed by atoms with van der Waals surface area (Å²) in [6, 6.07) is 12.2. The molecule has 0 aliphatic carbocycles. The molecule has 0 saturated carbocycles. The van der Waals surface area contributed by atoms with E-state index in [0.717, 1.165) is 22.5 Å². The third-order valence-corrected chi connectivity index (χ3v) is 3.06. The monoisotopic (exact) mass is 241 g/mol. The van der Waals surface area contributed by atoms with Crippen molar-refractivity contribution in [1.82, 2.24) is 0 Å². The molecule has 2 nitrogen and oxygen atoms in total. The van der Waals surface area contributed by atoms with Crippen molar-refractivity contribution in [3.8, 4) is 11.1 Å². The Morgan fingerprint density at radius 2 is 1.67 bits per heavy atom. The molecule has 1 N–H and O–H groups in total. The van der Waals surface area contributed by atoms with Gasteiger partial charge in [0.05, 0.1) is 0 Å². The number of hydrogen-bond donors (Lipinski definition) is 1. The Labute approximate surface area is 108 Å². The molecule has 0 saturated heterocycles. The second-order valence-corrected chi connectivity index (χ2v) is 5.59. The van der Waals surface area contributed by atoms with E-state index in [2.05, 4.69) is 39.0 Å². The fraction of sp³-hybridized carbons (Fsp3) is 0.312. The van der Waals surface area contributed by atoms with Gasteiger partial charge in [0.25, 0.3) is 0 Å². The maximum absolute atomic E-state index is 7.96. The predicted molar refractivity (Wildman–Crippen MR) is 73.4 cm³/mol. The van der Waals surface area contributed by atoms with E-state index in [-0.39, 0.29) is 11.0 Å². The summed E-state index contributed by atoms with van der Waals surface area (Å²) in [4.78, 5) is 0. The van der Waals surface area contributed by atoms with Crippen LogP contribution in [0.1, 0.15) is 32.1 Å². The lowest BCUT2D eigenvalue weighted by Gasteiger charge is -2.19. The van der Waals surface area contributed by atoms with Gasteiger partial charge >= 0.3 is 0 Å². The van der Waals surface area contributed by atoms with Gasteiger partial charge in [-0.1, -0.05) is 51.1 Å². The first-order valence-corrected chi connectivity index (χ1v) is 6.15. The Kier molecular flexibility index (Phi) is 3.12. The van der Waals surface area contributed by atoms with E-state index in [9.17, 15) is 0 Å². The van der Waals surface area contributed by atoms with Gasteiger partial charge < -0.3 is 4.42 Å². The average molecular weight is 241 g/mol. The molecule has 0 aliphatic rings. The normalized spacial score (nSPS) is 11.6. The maximum atomic E-state index is 7.96. The fourth-order valence-electron chi connectivity index (χ4n) is 1.86. The van der Waals surface area contributed by atoms with Gasteiger partial charge in [-0.15, -0.1) is 0 Å². The lowest BCUT2D eigenvalue weighted by atomic mass is 9.90. The standard InChI is InChI=1S/C16H19NO/c1-11-13(12-8-6-5-7-9-12)10-14(16(2,3)4)18-15(11)17/h5-10,17H,1-4H3. The van der Waals surface area contributed by atoms with E-state index in [1.165, 1.54) is 0 Å². The number of rotatable bonds is 1. The highest BCUT2D eigenvalue weighted by Crippen LogP contribution is 2.27. The molecular formula is C16H19NO. The Morgan fingerprint density at radius 3 is 2.22 bits per heavy atom. The lowest BCUT2D eigenvalue weighted by Crippen LogP contribution is -2.17. The van der Waals surface area contributed by atoms with E-state index < -0.39 is 0 Å². The van der Waals surface area contributed by atoms with Crippen molar-refractivity contribution in [2.24, 2.45) is 0 Å². The zero-order valence-corrected chi connectivity index (χ0v) is 11.4. The van der Waals surface area contributed by atoms with Gasteiger partial charge in [0.1, 0.15) is 5.76 Å². The van der Waals surface area contributed by atoms with Gasteiger partial charge in [-0.3, -0.25) is 5.41 Å². The summed E-state index contributed by atoms with van der Waals surface area (Å²) >= 11 is 0. The van der Waals surface area contributed by atoms with Crippen molar-refractivity contribution in [3.05, 3.63) is 53.3 Å². The molecule has 1 aromatic carbocycles. The van der Waals surface area contributed by atoms with Crippen LogP contribution in [-0.4, -0.2) is 0 Å². The summed E-state index contributed by atoms with van der Waals surface area (Å²) < 4.78 is 5.60. The average Bonchev–Trinajstić information content (AvgIpc) is 2.32. The van der Waals surface area contributed by atoms with Gasteiger partial charge in [-0.05, 0) is 24.1 Å². The van der Waals surface area contributed by atoms with E-state index in [0.29, 0.717) is 0 Å². The summed E-state index contributed by atoms with van der Waals surface area (Å²) in [6.07, 6.45) is 0. The minimum atomic E-state index is -0.0902. The summed E-state index contributed by atoms with van der Waals surface area (Å²) in [6.45, 7) is 8.21. The largest absolute Gasteiger partial charge is 0.443 e. The first-order valence-electron chi connectivity index (χ1n) is 6.15. The maximum Gasteiger partial charge on any atom is 0.214 e. The Morgan fingerprint density at radius 1 is 1.06 bits per heavy atom. The zero-order chi connectivity index (χ0) is 13.3. The van der Waals surface area contributed by atoms with Gasteiger partial charge in [0, 0.05) is 11.0 Å². The van der Waals surface area contributed by atoms with Crippen molar-refractivity contribution in [2.75, 3.05) is 0 Å². The molecule has 0 bridgehead atoms. The van der Waals surface area contributed by atoms with Crippen molar-refractivity contribution in [2.45, 2.75) is 33.1 Å². The third-order valence-electron chi connectivity index (χ3n) is 3.06. The number of hydrogen-bond acceptors (Lipinski definition) is 2. The van der Waals surface area contributed by atoms with E-state index in [1.54, 1.807) is 0 Å². The molecule has 0 fully saturated rings. The lowest BCUT2D eigenvalue weighted by molar-refractivity contribution is 0.363. The highest BCUT2D eigenvalue weighted by molar-refractivity contribution is 5.66. The Balaban J connectivity index is 2.68. The van der Waals surface area contributed by atoms with Crippen molar-refractivity contribution in [3.63, 3.8) is 0 Å². The van der Waals surface area contributed by atoms with Gasteiger partial charge in [-0.25, -0.2) is 0 Å². The minimum Gasteiger partial charge on any atom is -0.443 e. The van der Waals surface area contributed by atoms with Crippen molar-refractivity contribution < 1.29 is 4.42 Å². The first kappa shape index (κ1) is 12.6. The van der Waals surface area contributed by atoms with Crippen LogP contribution in [0.25, 0.3) is 11.1 Å². The summed E-state index contributed by atoms with van der Waals surface area (Å²) in [5, 5.41) is 7.96. The molecule has 2 aromatic rings. The van der Waals surface area contributed by atoms with Crippen LogP contribution < -0.4 is 5.55 Å². The molecule has 94 valence electrons. The van der Waals surface area contributed by atoms with Crippen LogP contribution in [0.3, 0.4) is 0 Å². The number of nitrogens with one attached hydrogen (secondary N) is 1. The van der Waals surface area contributed by atoms with Gasteiger partial charge in [-0.2, -0.15) is 0 Å². The second-order valence-electron chi connectivity index (χ2n) is 5.59. The Hall–Kier alpha value is -1.83. The minimum absolute atomic E-state index is 0.0902. The van der Waals surface area contributed by atoms with Crippen LogP contribution in [0.5, 0.6) is 0 Å². The van der Waals surface area contributed by atoms with Crippen molar-refractivity contribution in [1.29, 1.82) is 5.41 Å². The van der Waals surface area contributed by atoms with Crippen LogP contribution in [0, 0.1) is 12.3 Å². The van der Waals surface area contributed by atoms with E-state index in [4.69, 9.17) is 9.83 Å². The van der Waals surface area contributed by atoms with E-state index >= 15 is 0 Å². The molecule has 0 atom stereocenters. The molecule has 0 unspecified atom stereocenters. The SMILES string of the molecule is Cc1c(-c2ccccc2)cc(C(C)(C)C)oc1=N. The van der Waals surface area contributed by atoms with Gasteiger partial charge in [0.2, 0.25) is 5.55 Å². The highest BCUT2D eigenvalue weighted by Gasteiger charge is 2.19. The molecule has 0 radical (unpaired) electrons. The smallest absolute Gasteiger partial charge is 0.214 e. The molecule has 0 aliphatic heterocycles. The summed E-state index contributed by atoms with van der Waals surface area (Å²) in [7, 11) is 0. The quantitative estimate of drug-likeness (QED) is 0.804. The molecule has 2 rings (SSSR count). The molecular weight excluding hydrogens is 222 g/mol. The topological polar surface area (TPSA) is 37.0 Å². The molecule has 1 heterocycles. The molecule has 0 spiro atoms. The fourth-order valence-corrected chi connectivity index (χ4v) is 1.86. The zero-order valence-electron chi connectivity index (χ0n) is 11.4. The summed E-state index contributed by atoms with van der Waals surface area (Å²) in [5.74, 6) is 0.844. The molecule has 18 heavy (non-hydrogen) atoms. The van der Waals surface area contributed by atoms with Crippen molar-refractivity contribution >= 4 is 0 Å². The van der Waals surface area contributed by atoms with E-state index in [1.807, 2.05) is 25.1 Å². The highest BCUT2D eigenvalue weighted by atomic mass is 16.3. The Bertz CT molecular complexity index is 603. The van der Waals surface area contributed by atoms with Crippen LogP contribution in [-0.2, 0) is 5.41 Å². The first-order chi connectivity index (χ1) is 8.39. The van der Waals surface area contributed by atoms with Gasteiger partial charge in [0.15, 0.2) is 0 Å². The van der Waals surface area contributed by atoms with Crippen LogP contribution in [0.4, 0.5) is 0 Å². The molecule has 2 heteroatoms.